The molecule has 0 atom stereocenters. The van der Waals surface area contributed by atoms with Crippen molar-refractivity contribution in [1.29, 1.82) is 0 Å². The van der Waals surface area contributed by atoms with E-state index in [4.69, 9.17) is 4.98 Å². The Labute approximate surface area is 242 Å². The number of benzene rings is 4. The van der Waals surface area contributed by atoms with Crippen LogP contribution in [0.4, 0.5) is 17.1 Å². The molecule has 0 fully saturated rings. The van der Waals surface area contributed by atoms with Gasteiger partial charge < -0.3 is 14.6 Å². The summed E-state index contributed by atoms with van der Waals surface area (Å²) in [5.41, 5.74) is 17.5. The van der Waals surface area contributed by atoms with Gasteiger partial charge in [-0.25, -0.2) is 0 Å². The van der Waals surface area contributed by atoms with Crippen molar-refractivity contribution in [3.8, 4) is 33.5 Å². The fourth-order valence-corrected chi connectivity index (χ4v) is 6.91. The summed E-state index contributed by atoms with van der Waals surface area (Å²) in [5.74, 6) is 0. The summed E-state index contributed by atoms with van der Waals surface area (Å²) >= 11 is 0. The third kappa shape index (κ3) is 3.51. The maximum atomic E-state index is 4.74. The summed E-state index contributed by atoms with van der Waals surface area (Å²) in [6, 6.07) is 36.0. The van der Waals surface area contributed by atoms with Gasteiger partial charge in [0.1, 0.15) is 0 Å². The van der Waals surface area contributed by atoms with Gasteiger partial charge in [-0.1, -0.05) is 66.7 Å². The van der Waals surface area contributed by atoms with Crippen molar-refractivity contribution in [2.24, 2.45) is 0 Å². The second-order valence-electron chi connectivity index (χ2n) is 11.5. The summed E-state index contributed by atoms with van der Waals surface area (Å²) in [6.45, 7) is 7.50. The van der Waals surface area contributed by atoms with Crippen LogP contribution in [0.5, 0.6) is 0 Å². The molecule has 8 rings (SSSR count). The first-order valence-corrected chi connectivity index (χ1v) is 14.3. The highest BCUT2D eigenvalue weighted by Crippen LogP contribution is 2.48. The molecule has 0 bridgehead atoms. The van der Waals surface area contributed by atoms with Gasteiger partial charge in [-0.15, -0.1) is 0 Å². The van der Waals surface area contributed by atoms with Crippen LogP contribution in [0.1, 0.15) is 19.4 Å². The Balaban J connectivity index is 1.40. The van der Waals surface area contributed by atoms with E-state index in [1.165, 1.54) is 67.2 Å². The number of aromatic nitrogens is 1. The van der Waals surface area contributed by atoms with E-state index in [0.29, 0.717) is 0 Å². The van der Waals surface area contributed by atoms with Crippen LogP contribution in [0.25, 0.3) is 33.5 Å². The van der Waals surface area contributed by atoms with E-state index < -0.39 is 0 Å². The standard InChI is InChI=1S/C36H31BN4/c1-23-17-18-38-34(19-23)26-13-15-30-28-9-5-7-11-32(28)37-33-12-8-6-10-29(33)31-16-14-27(21-36(31)41(37)35(30)20-26)40-22-39(4)24(2)25(40)3/h5-21H,22H2,1-4H3. The Bertz CT molecular complexity index is 1910. The summed E-state index contributed by atoms with van der Waals surface area (Å²) in [6.07, 6.45) is 1.91. The summed E-state index contributed by atoms with van der Waals surface area (Å²) in [7, 11) is 2.17. The highest BCUT2D eigenvalue weighted by molar-refractivity contribution is 6.92. The average molecular weight is 530 g/mol. The fraction of sp³-hybridized carbons (Fsp3) is 0.139. The number of hydrogen-bond donors (Lipinski definition) is 0. The number of nitrogens with zero attached hydrogens (tertiary/aromatic N) is 4. The number of fused-ring (bicyclic) bond motifs is 11. The van der Waals surface area contributed by atoms with Crippen LogP contribution in [0.15, 0.2) is 115 Å². The lowest BCUT2D eigenvalue weighted by atomic mass is 9.43. The molecule has 198 valence electrons. The van der Waals surface area contributed by atoms with Crippen LogP contribution in [0, 0.1) is 6.92 Å². The van der Waals surface area contributed by atoms with E-state index in [-0.39, 0.29) is 6.85 Å². The van der Waals surface area contributed by atoms with Crippen LogP contribution in [0.2, 0.25) is 0 Å². The predicted octanol–water partition coefficient (Wildman–Crippen LogP) is 6.92. The maximum absolute atomic E-state index is 4.74. The van der Waals surface area contributed by atoms with Crippen LogP contribution in [-0.2, 0) is 0 Å². The van der Waals surface area contributed by atoms with Crippen LogP contribution in [-0.4, -0.2) is 30.4 Å². The summed E-state index contributed by atoms with van der Waals surface area (Å²) in [4.78, 5) is 12.1. The van der Waals surface area contributed by atoms with Crippen LogP contribution < -0.4 is 20.6 Å². The Morgan fingerprint density at radius 2 is 1.32 bits per heavy atom. The van der Waals surface area contributed by atoms with E-state index in [9.17, 15) is 0 Å². The summed E-state index contributed by atoms with van der Waals surface area (Å²) in [5, 5.41) is 0. The summed E-state index contributed by atoms with van der Waals surface area (Å²) < 4.78 is 0. The average Bonchev–Trinajstić information content (AvgIpc) is 3.27. The van der Waals surface area contributed by atoms with Crippen LogP contribution in [0.3, 0.4) is 0 Å². The maximum Gasteiger partial charge on any atom is 0.329 e. The van der Waals surface area contributed by atoms with E-state index in [2.05, 4.69) is 139 Å². The Morgan fingerprint density at radius 3 is 1.98 bits per heavy atom. The highest BCUT2D eigenvalue weighted by atomic mass is 15.4. The first-order valence-electron chi connectivity index (χ1n) is 14.3. The molecule has 5 aromatic rings. The first kappa shape index (κ1) is 24.1. The minimum Gasteiger partial charge on any atom is -0.376 e. The molecule has 0 N–H and O–H groups in total. The van der Waals surface area contributed by atoms with Crippen molar-refractivity contribution >= 4 is 34.8 Å². The number of pyridine rings is 1. The second-order valence-corrected chi connectivity index (χ2v) is 11.5. The van der Waals surface area contributed by atoms with Gasteiger partial charge in [-0.2, -0.15) is 0 Å². The van der Waals surface area contributed by atoms with Crippen molar-refractivity contribution in [2.75, 3.05) is 23.4 Å². The largest absolute Gasteiger partial charge is 0.376 e. The highest BCUT2D eigenvalue weighted by Gasteiger charge is 2.42. The molecule has 5 heteroatoms. The monoisotopic (exact) mass is 530 g/mol. The molecule has 3 aliphatic heterocycles. The number of hydrogen-bond acceptors (Lipinski definition) is 4. The Kier molecular flexibility index (Phi) is 5.21. The third-order valence-corrected chi connectivity index (χ3v) is 9.22. The minimum absolute atomic E-state index is 0.0815. The zero-order chi connectivity index (χ0) is 27.8. The van der Waals surface area contributed by atoms with E-state index in [1.807, 2.05) is 6.20 Å². The van der Waals surface area contributed by atoms with Gasteiger partial charge in [0.2, 0.25) is 0 Å². The second kappa shape index (κ2) is 8.87. The van der Waals surface area contributed by atoms with Gasteiger partial charge in [0.05, 0.1) is 12.4 Å². The lowest BCUT2D eigenvalue weighted by Crippen LogP contribution is -2.59. The van der Waals surface area contributed by atoms with Gasteiger partial charge in [0.15, 0.2) is 0 Å². The molecule has 3 aliphatic rings. The van der Waals surface area contributed by atoms with Gasteiger partial charge in [-0.3, -0.25) is 4.98 Å². The van der Waals surface area contributed by atoms with Crippen molar-refractivity contribution in [2.45, 2.75) is 20.8 Å². The van der Waals surface area contributed by atoms with E-state index >= 15 is 0 Å². The minimum atomic E-state index is 0.0815. The number of allylic oxidation sites excluding steroid dienone is 2. The molecule has 0 radical (unpaired) electrons. The topological polar surface area (TPSA) is 22.6 Å². The van der Waals surface area contributed by atoms with E-state index in [0.717, 1.165) is 17.9 Å². The molecule has 4 aromatic carbocycles. The molecule has 0 spiro atoms. The van der Waals surface area contributed by atoms with Crippen LogP contribution >= 0.6 is 0 Å². The number of aryl methyl sites for hydroxylation is 1. The third-order valence-electron chi connectivity index (χ3n) is 9.22. The van der Waals surface area contributed by atoms with Gasteiger partial charge in [-0.05, 0) is 78.7 Å². The van der Waals surface area contributed by atoms with Crippen molar-refractivity contribution in [3.05, 3.63) is 120 Å². The Morgan fingerprint density at radius 1 is 0.659 bits per heavy atom. The lowest BCUT2D eigenvalue weighted by Gasteiger charge is -2.44. The van der Waals surface area contributed by atoms with Crippen molar-refractivity contribution in [1.82, 2.24) is 9.88 Å². The smallest absolute Gasteiger partial charge is 0.329 e. The molecule has 0 aliphatic carbocycles. The molecule has 4 nitrogen and oxygen atoms in total. The number of anilines is 3. The zero-order valence-electron chi connectivity index (χ0n) is 23.9. The molecule has 0 amide bonds. The molecular formula is C36H31BN4. The molecule has 41 heavy (non-hydrogen) atoms. The van der Waals surface area contributed by atoms with E-state index in [1.54, 1.807) is 0 Å². The molecule has 0 saturated carbocycles. The van der Waals surface area contributed by atoms with Gasteiger partial charge in [0, 0.05) is 58.4 Å². The predicted molar refractivity (Wildman–Crippen MR) is 172 cm³/mol. The normalized spacial score (nSPS) is 14.9. The molecule has 4 heterocycles. The lowest BCUT2D eigenvalue weighted by molar-refractivity contribution is 0.460. The van der Waals surface area contributed by atoms with Crippen molar-refractivity contribution < 1.29 is 0 Å². The Hall–Kier alpha value is -4.77. The van der Waals surface area contributed by atoms with Crippen molar-refractivity contribution in [3.63, 3.8) is 0 Å². The quantitative estimate of drug-likeness (QED) is 0.231. The molecule has 0 unspecified atom stereocenters. The first-order chi connectivity index (χ1) is 20.0. The van der Waals surface area contributed by atoms with Gasteiger partial charge in [0.25, 0.3) is 0 Å². The molecule has 1 aromatic heterocycles. The molecular weight excluding hydrogens is 499 g/mol. The number of rotatable bonds is 2. The zero-order valence-corrected chi connectivity index (χ0v) is 23.9. The molecule has 0 saturated heterocycles. The fourth-order valence-electron chi connectivity index (χ4n) is 6.91. The van der Waals surface area contributed by atoms with Gasteiger partial charge >= 0.3 is 6.85 Å². The SMILES string of the molecule is CC1=C(C)N(c2ccc3c(c2)N2B(c4ccccc4-c4ccc(-c5cc(C)ccn5)cc42)c2ccccc2-3)CN1C.